The zero-order valence-electron chi connectivity index (χ0n) is 9.75. The molecule has 2 heteroatoms. The molecule has 0 amide bonds. The van der Waals surface area contributed by atoms with Crippen molar-refractivity contribution >= 4 is 11.3 Å². The molecule has 0 saturated heterocycles. The Kier molecular flexibility index (Phi) is 3.81. The first-order chi connectivity index (χ1) is 7.35. The molecule has 1 saturated carbocycles. The second-order valence-electron chi connectivity index (χ2n) is 4.46. The van der Waals surface area contributed by atoms with Crippen LogP contribution < -0.4 is 5.32 Å². The molecule has 1 heterocycles. The minimum absolute atomic E-state index is 0.761. The van der Waals surface area contributed by atoms with Crippen LogP contribution in [0.3, 0.4) is 0 Å². The SMILES string of the molecule is CCc1ccsc1CNC(CC)C1CC1. The molecule has 1 N–H and O–H groups in total. The fourth-order valence-electron chi connectivity index (χ4n) is 2.20. The Hall–Kier alpha value is -0.340. The fraction of sp³-hybridized carbons (Fsp3) is 0.692. The number of hydrogen-bond acceptors (Lipinski definition) is 2. The zero-order chi connectivity index (χ0) is 10.7. The highest BCUT2D eigenvalue weighted by Crippen LogP contribution is 2.34. The summed E-state index contributed by atoms with van der Waals surface area (Å²) in [5.41, 5.74) is 1.53. The maximum atomic E-state index is 3.72. The Morgan fingerprint density at radius 1 is 1.47 bits per heavy atom. The van der Waals surface area contributed by atoms with Gasteiger partial charge in [0.1, 0.15) is 0 Å². The molecule has 1 unspecified atom stereocenters. The standard InChI is InChI=1S/C13H21NS/c1-3-10-7-8-15-13(10)9-14-12(4-2)11-5-6-11/h7-8,11-12,14H,3-6,9H2,1-2H3. The van der Waals surface area contributed by atoms with Crippen molar-refractivity contribution < 1.29 is 0 Å². The third-order valence-corrected chi connectivity index (χ3v) is 4.34. The fourth-order valence-corrected chi connectivity index (χ4v) is 3.13. The smallest absolute Gasteiger partial charge is 0.0305 e. The molecule has 1 atom stereocenters. The van der Waals surface area contributed by atoms with Crippen molar-refractivity contribution in [1.82, 2.24) is 5.32 Å². The van der Waals surface area contributed by atoms with E-state index in [0.717, 1.165) is 18.5 Å². The highest BCUT2D eigenvalue weighted by Gasteiger charge is 2.29. The average Bonchev–Trinajstić information content (AvgIpc) is 2.98. The molecular formula is C13H21NS. The molecular weight excluding hydrogens is 202 g/mol. The van der Waals surface area contributed by atoms with Crippen LogP contribution in [-0.4, -0.2) is 6.04 Å². The Morgan fingerprint density at radius 3 is 2.87 bits per heavy atom. The summed E-state index contributed by atoms with van der Waals surface area (Å²) >= 11 is 1.90. The van der Waals surface area contributed by atoms with Crippen LogP contribution in [0.15, 0.2) is 11.4 Å². The van der Waals surface area contributed by atoms with Gasteiger partial charge in [0.15, 0.2) is 0 Å². The van der Waals surface area contributed by atoms with Crippen LogP contribution in [0.2, 0.25) is 0 Å². The Balaban J connectivity index is 1.85. The first kappa shape index (κ1) is 11.2. The molecule has 1 aromatic heterocycles. The van der Waals surface area contributed by atoms with Gasteiger partial charge in [-0.3, -0.25) is 0 Å². The van der Waals surface area contributed by atoms with Crippen LogP contribution in [0.4, 0.5) is 0 Å². The minimum Gasteiger partial charge on any atom is -0.309 e. The van der Waals surface area contributed by atoms with Crippen molar-refractivity contribution in [2.24, 2.45) is 5.92 Å². The molecule has 84 valence electrons. The van der Waals surface area contributed by atoms with Gasteiger partial charge in [-0.15, -0.1) is 11.3 Å². The van der Waals surface area contributed by atoms with Crippen LogP contribution in [0.1, 0.15) is 43.6 Å². The van der Waals surface area contributed by atoms with E-state index in [4.69, 9.17) is 0 Å². The third-order valence-electron chi connectivity index (χ3n) is 3.37. The van der Waals surface area contributed by atoms with Crippen molar-refractivity contribution in [1.29, 1.82) is 0 Å². The molecule has 0 radical (unpaired) electrons. The van der Waals surface area contributed by atoms with Crippen LogP contribution in [0, 0.1) is 5.92 Å². The lowest BCUT2D eigenvalue weighted by Crippen LogP contribution is -2.29. The van der Waals surface area contributed by atoms with E-state index in [1.54, 1.807) is 0 Å². The summed E-state index contributed by atoms with van der Waals surface area (Å²) in [5.74, 6) is 0.972. The van der Waals surface area contributed by atoms with E-state index >= 15 is 0 Å². The largest absolute Gasteiger partial charge is 0.309 e. The molecule has 2 rings (SSSR count). The number of nitrogens with one attached hydrogen (secondary N) is 1. The van der Waals surface area contributed by atoms with Crippen LogP contribution in [0.5, 0.6) is 0 Å². The number of aryl methyl sites for hydroxylation is 1. The van der Waals surface area contributed by atoms with E-state index in [1.807, 2.05) is 11.3 Å². The molecule has 1 fully saturated rings. The first-order valence-corrected chi connectivity index (χ1v) is 7.01. The first-order valence-electron chi connectivity index (χ1n) is 6.13. The highest BCUT2D eigenvalue weighted by molar-refractivity contribution is 7.10. The highest BCUT2D eigenvalue weighted by atomic mass is 32.1. The average molecular weight is 223 g/mol. The molecule has 1 nitrogen and oxygen atoms in total. The van der Waals surface area contributed by atoms with Gasteiger partial charge in [-0.25, -0.2) is 0 Å². The molecule has 1 aliphatic rings. The monoisotopic (exact) mass is 223 g/mol. The quantitative estimate of drug-likeness (QED) is 0.777. The Labute approximate surface area is 96.9 Å². The van der Waals surface area contributed by atoms with Crippen LogP contribution in [0.25, 0.3) is 0 Å². The summed E-state index contributed by atoms with van der Waals surface area (Å²) in [5, 5.41) is 5.94. The summed E-state index contributed by atoms with van der Waals surface area (Å²) in [6.07, 6.45) is 5.32. The molecule has 15 heavy (non-hydrogen) atoms. The second kappa shape index (κ2) is 5.13. The third kappa shape index (κ3) is 2.82. The lowest BCUT2D eigenvalue weighted by atomic mass is 10.1. The zero-order valence-corrected chi connectivity index (χ0v) is 10.6. The van der Waals surface area contributed by atoms with E-state index in [2.05, 4.69) is 30.6 Å². The van der Waals surface area contributed by atoms with E-state index in [0.29, 0.717) is 0 Å². The number of hydrogen-bond donors (Lipinski definition) is 1. The lowest BCUT2D eigenvalue weighted by molar-refractivity contribution is 0.450. The van der Waals surface area contributed by atoms with Gasteiger partial charge in [0.05, 0.1) is 0 Å². The molecule has 0 aromatic carbocycles. The predicted octanol–water partition coefficient (Wildman–Crippen LogP) is 3.59. The minimum atomic E-state index is 0.761. The van der Waals surface area contributed by atoms with Gasteiger partial charge in [0, 0.05) is 17.5 Å². The van der Waals surface area contributed by atoms with Gasteiger partial charge >= 0.3 is 0 Å². The Morgan fingerprint density at radius 2 is 2.27 bits per heavy atom. The van der Waals surface area contributed by atoms with Crippen molar-refractivity contribution in [3.05, 3.63) is 21.9 Å². The predicted molar refractivity (Wildman–Crippen MR) is 67.3 cm³/mol. The van der Waals surface area contributed by atoms with Crippen LogP contribution in [-0.2, 0) is 13.0 Å². The van der Waals surface area contributed by atoms with Gasteiger partial charge < -0.3 is 5.32 Å². The molecule has 0 bridgehead atoms. The maximum Gasteiger partial charge on any atom is 0.0305 e. The van der Waals surface area contributed by atoms with Gasteiger partial charge in [-0.1, -0.05) is 13.8 Å². The summed E-state index contributed by atoms with van der Waals surface area (Å²) in [7, 11) is 0. The summed E-state index contributed by atoms with van der Waals surface area (Å²) in [6.45, 7) is 5.62. The van der Waals surface area contributed by atoms with E-state index in [1.165, 1.54) is 36.1 Å². The van der Waals surface area contributed by atoms with Crippen molar-refractivity contribution in [3.8, 4) is 0 Å². The van der Waals surface area contributed by atoms with Crippen molar-refractivity contribution in [2.45, 2.75) is 52.1 Å². The van der Waals surface area contributed by atoms with Crippen molar-refractivity contribution in [3.63, 3.8) is 0 Å². The summed E-state index contributed by atoms with van der Waals surface area (Å²) in [4.78, 5) is 1.54. The van der Waals surface area contributed by atoms with Gasteiger partial charge in [-0.05, 0) is 48.6 Å². The molecule has 1 aromatic rings. The van der Waals surface area contributed by atoms with Crippen molar-refractivity contribution in [2.75, 3.05) is 0 Å². The summed E-state index contributed by atoms with van der Waals surface area (Å²) < 4.78 is 0. The van der Waals surface area contributed by atoms with E-state index < -0.39 is 0 Å². The molecule has 0 aliphatic heterocycles. The van der Waals surface area contributed by atoms with E-state index in [9.17, 15) is 0 Å². The molecule has 1 aliphatic carbocycles. The Bertz CT molecular complexity index is 301. The molecule has 0 spiro atoms. The van der Waals surface area contributed by atoms with E-state index in [-0.39, 0.29) is 0 Å². The van der Waals surface area contributed by atoms with Gasteiger partial charge in [0.2, 0.25) is 0 Å². The maximum absolute atomic E-state index is 3.72. The normalized spacial score (nSPS) is 18.0. The number of rotatable bonds is 6. The summed E-state index contributed by atoms with van der Waals surface area (Å²) in [6, 6.07) is 3.02. The van der Waals surface area contributed by atoms with Gasteiger partial charge in [0.25, 0.3) is 0 Å². The van der Waals surface area contributed by atoms with Gasteiger partial charge in [-0.2, -0.15) is 0 Å². The second-order valence-corrected chi connectivity index (χ2v) is 5.46. The topological polar surface area (TPSA) is 12.0 Å². The van der Waals surface area contributed by atoms with Crippen LogP contribution >= 0.6 is 11.3 Å². The number of thiophene rings is 1. The lowest BCUT2D eigenvalue weighted by Gasteiger charge is -2.15.